The molecular formula is C17H19N3. The van der Waals surface area contributed by atoms with Crippen LogP contribution in [0.3, 0.4) is 0 Å². The molecule has 0 atom stereocenters. The van der Waals surface area contributed by atoms with Crippen molar-refractivity contribution in [2.24, 2.45) is 5.73 Å². The van der Waals surface area contributed by atoms with Crippen molar-refractivity contribution in [3.05, 3.63) is 65.7 Å². The van der Waals surface area contributed by atoms with Crippen LogP contribution in [-0.2, 0) is 6.54 Å². The third-order valence-electron chi connectivity index (χ3n) is 3.21. The lowest BCUT2D eigenvalue weighted by Gasteiger charge is -2.25. The average molecular weight is 265 g/mol. The minimum absolute atomic E-state index is 0.653. The van der Waals surface area contributed by atoms with E-state index in [1.807, 2.05) is 42.5 Å². The van der Waals surface area contributed by atoms with E-state index in [1.54, 1.807) is 0 Å². The van der Waals surface area contributed by atoms with E-state index in [-0.39, 0.29) is 0 Å². The van der Waals surface area contributed by atoms with E-state index in [0.29, 0.717) is 12.1 Å². The molecule has 0 fully saturated rings. The zero-order valence-electron chi connectivity index (χ0n) is 11.5. The van der Waals surface area contributed by atoms with Crippen molar-refractivity contribution in [3.8, 4) is 6.07 Å². The van der Waals surface area contributed by atoms with Crippen LogP contribution in [0.2, 0.25) is 0 Å². The van der Waals surface area contributed by atoms with Crippen LogP contribution in [-0.4, -0.2) is 13.1 Å². The number of nitrogens with two attached hydrogens (primary N) is 1. The second-order valence-corrected chi connectivity index (χ2v) is 4.68. The molecule has 0 heterocycles. The molecule has 0 saturated heterocycles. The molecule has 0 radical (unpaired) electrons. The van der Waals surface area contributed by atoms with Gasteiger partial charge in [-0.15, -0.1) is 0 Å². The van der Waals surface area contributed by atoms with Gasteiger partial charge in [0.1, 0.15) is 6.07 Å². The molecule has 0 aliphatic carbocycles. The Kier molecular flexibility index (Phi) is 5.16. The van der Waals surface area contributed by atoms with Gasteiger partial charge in [-0.1, -0.05) is 42.5 Å². The summed E-state index contributed by atoms with van der Waals surface area (Å²) in [6, 6.07) is 20.3. The van der Waals surface area contributed by atoms with Crippen LogP contribution in [0.25, 0.3) is 0 Å². The van der Waals surface area contributed by atoms with Gasteiger partial charge < -0.3 is 10.6 Å². The molecule has 2 rings (SSSR count). The Morgan fingerprint density at radius 1 is 1.00 bits per heavy atom. The van der Waals surface area contributed by atoms with Gasteiger partial charge in [0.2, 0.25) is 0 Å². The van der Waals surface area contributed by atoms with Crippen LogP contribution in [0.5, 0.6) is 0 Å². The Morgan fingerprint density at radius 3 is 2.40 bits per heavy atom. The van der Waals surface area contributed by atoms with Crippen molar-refractivity contribution >= 4 is 5.69 Å². The first kappa shape index (κ1) is 14.1. The van der Waals surface area contributed by atoms with E-state index in [1.165, 1.54) is 5.56 Å². The molecule has 2 aromatic rings. The van der Waals surface area contributed by atoms with Gasteiger partial charge in [0.15, 0.2) is 0 Å². The highest BCUT2D eigenvalue weighted by Gasteiger charge is 2.10. The van der Waals surface area contributed by atoms with Gasteiger partial charge in [-0.2, -0.15) is 5.26 Å². The Hall–Kier alpha value is -2.31. The molecule has 3 nitrogen and oxygen atoms in total. The maximum atomic E-state index is 9.26. The minimum atomic E-state index is 0.653. The monoisotopic (exact) mass is 265 g/mol. The predicted molar refractivity (Wildman–Crippen MR) is 82.3 cm³/mol. The highest BCUT2D eigenvalue weighted by molar-refractivity contribution is 5.59. The molecule has 0 aromatic heterocycles. The number of hydrogen-bond donors (Lipinski definition) is 1. The van der Waals surface area contributed by atoms with Crippen LogP contribution in [0.1, 0.15) is 17.5 Å². The molecule has 0 aliphatic heterocycles. The van der Waals surface area contributed by atoms with Crippen molar-refractivity contribution in [1.82, 2.24) is 0 Å². The largest absolute Gasteiger partial charge is 0.366 e. The third kappa shape index (κ3) is 3.59. The molecule has 0 saturated carbocycles. The predicted octanol–water partition coefficient (Wildman–Crippen LogP) is 2.91. The van der Waals surface area contributed by atoms with Gasteiger partial charge >= 0.3 is 0 Å². The summed E-state index contributed by atoms with van der Waals surface area (Å²) in [7, 11) is 0. The molecule has 0 bridgehead atoms. The molecular weight excluding hydrogens is 246 g/mol. The van der Waals surface area contributed by atoms with Gasteiger partial charge in [-0.3, -0.25) is 0 Å². The van der Waals surface area contributed by atoms with Crippen molar-refractivity contribution in [2.75, 3.05) is 18.0 Å². The van der Waals surface area contributed by atoms with E-state index in [4.69, 9.17) is 5.73 Å². The Bertz CT molecular complexity index is 572. The number of nitriles is 1. The fourth-order valence-electron chi connectivity index (χ4n) is 2.21. The molecule has 102 valence electrons. The van der Waals surface area contributed by atoms with Crippen LogP contribution in [0.4, 0.5) is 5.69 Å². The first-order chi connectivity index (χ1) is 9.85. The van der Waals surface area contributed by atoms with E-state index in [9.17, 15) is 5.26 Å². The molecule has 20 heavy (non-hydrogen) atoms. The number of anilines is 1. The van der Waals surface area contributed by atoms with E-state index in [0.717, 1.165) is 25.2 Å². The molecule has 0 aliphatic rings. The highest BCUT2D eigenvalue weighted by Crippen LogP contribution is 2.22. The standard InChI is InChI=1S/C17H19N3/c18-11-6-12-20(14-15-7-2-1-3-8-15)17-10-5-4-9-16(17)13-19/h1-5,7-10H,6,11-12,14,18H2. The number of rotatable bonds is 6. The molecule has 0 unspecified atom stereocenters. The minimum Gasteiger partial charge on any atom is -0.366 e. The van der Waals surface area contributed by atoms with Gasteiger partial charge in [-0.25, -0.2) is 0 Å². The normalized spacial score (nSPS) is 10.0. The number of para-hydroxylation sites is 1. The second kappa shape index (κ2) is 7.32. The number of benzene rings is 2. The average Bonchev–Trinajstić information content (AvgIpc) is 2.52. The molecule has 2 aromatic carbocycles. The highest BCUT2D eigenvalue weighted by atomic mass is 15.1. The van der Waals surface area contributed by atoms with Crippen molar-refractivity contribution in [3.63, 3.8) is 0 Å². The molecule has 2 N–H and O–H groups in total. The van der Waals surface area contributed by atoms with Gasteiger partial charge in [0.05, 0.1) is 11.3 Å². The summed E-state index contributed by atoms with van der Waals surface area (Å²) >= 11 is 0. The summed E-state index contributed by atoms with van der Waals surface area (Å²) in [5, 5.41) is 9.26. The quantitative estimate of drug-likeness (QED) is 0.873. The Morgan fingerprint density at radius 2 is 1.70 bits per heavy atom. The summed E-state index contributed by atoms with van der Waals surface area (Å²) in [6.07, 6.45) is 0.909. The fraction of sp³-hybridized carbons (Fsp3) is 0.235. The number of hydrogen-bond acceptors (Lipinski definition) is 3. The van der Waals surface area contributed by atoms with Crippen LogP contribution >= 0.6 is 0 Å². The zero-order chi connectivity index (χ0) is 14.2. The summed E-state index contributed by atoms with van der Waals surface area (Å²) in [5.74, 6) is 0. The molecule has 3 heteroatoms. The molecule has 0 amide bonds. The van der Waals surface area contributed by atoms with Gasteiger partial charge in [0, 0.05) is 13.1 Å². The van der Waals surface area contributed by atoms with Crippen LogP contribution < -0.4 is 10.6 Å². The van der Waals surface area contributed by atoms with Crippen LogP contribution in [0, 0.1) is 11.3 Å². The summed E-state index contributed by atoms with van der Waals surface area (Å²) in [4.78, 5) is 2.22. The SMILES string of the molecule is N#Cc1ccccc1N(CCCN)Cc1ccccc1. The summed E-state index contributed by atoms with van der Waals surface area (Å²) in [5.41, 5.74) is 8.55. The van der Waals surface area contributed by atoms with Crippen LogP contribution in [0.15, 0.2) is 54.6 Å². The Labute approximate surface area is 120 Å². The summed E-state index contributed by atoms with van der Waals surface area (Å²) < 4.78 is 0. The topological polar surface area (TPSA) is 53.0 Å². The van der Waals surface area contributed by atoms with Gasteiger partial charge in [-0.05, 0) is 30.7 Å². The Balaban J connectivity index is 2.25. The first-order valence-electron chi connectivity index (χ1n) is 6.83. The van der Waals surface area contributed by atoms with E-state index in [2.05, 4.69) is 23.1 Å². The molecule has 0 spiro atoms. The maximum absolute atomic E-state index is 9.26. The third-order valence-corrected chi connectivity index (χ3v) is 3.21. The second-order valence-electron chi connectivity index (χ2n) is 4.68. The van der Waals surface area contributed by atoms with E-state index < -0.39 is 0 Å². The lowest BCUT2D eigenvalue weighted by molar-refractivity contribution is 0.735. The number of nitrogens with zero attached hydrogens (tertiary/aromatic N) is 2. The van der Waals surface area contributed by atoms with Gasteiger partial charge in [0.25, 0.3) is 0 Å². The van der Waals surface area contributed by atoms with E-state index >= 15 is 0 Å². The zero-order valence-corrected chi connectivity index (χ0v) is 11.5. The van der Waals surface area contributed by atoms with Crippen molar-refractivity contribution < 1.29 is 0 Å². The lowest BCUT2D eigenvalue weighted by atomic mass is 10.1. The maximum Gasteiger partial charge on any atom is 0.101 e. The van der Waals surface area contributed by atoms with Crippen molar-refractivity contribution in [2.45, 2.75) is 13.0 Å². The smallest absolute Gasteiger partial charge is 0.101 e. The fourth-order valence-corrected chi connectivity index (χ4v) is 2.21. The first-order valence-corrected chi connectivity index (χ1v) is 6.83. The van der Waals surface area contributed by atoms with Crippen molar-refractivity contribution in [1.29, 1.82) is 5.26 Å². The lowest BCUT2D eigenvalue weighted by Crippen LogP contribution is -2.26. The summed E-state index contributed by atoms with van der Waals surface area (Å²) in [6.45, 7) is 2.30.